The Balaban J connectivity index is 1.98. The number of aryl methyl sites for hydroxylation is 1. The lowest BCUT2D eigenvalue weighted by Crippen LogP contribution is -2.45. The number of thioether (sulfide) groups is 1. The molecule has 0 radical (unpaired) electrons. The Morgan fingerprint density at radius 2 is 2.05 bits per heavy atom. The van der Waals surface area contributed by atoms with Crippen LogP contribution in [0.3, 0.4) is 0 Å². The van der Waals surface area contributed by atoms with Crippen molar-refractivity contribution in [1.29, 1.82) is 5.26 Å². The second-order valence-electron chi connectivity index (χ2n) is 5.79. The van der Waals surface area contributed by atoms with E-state index in [-0.39, 0.29) is 5.54 Å². The first-order valence-electron chi connectivity index (χ1n) is 6.95. The molecule has 0 saturated heterocycles. The fourth-order valence-corrected chi connectivity index (χ4v) is 4.01. The molecule has 102 valence electrons. The summed E-state index contributed by atoms with van der Waals surface area (Å²) in [5.74, 6) is 0. The fourth-order valence-electron chi connectivity index (χ4n) is 2.73. The van der Waals surface area contributed by atoms with Gasteiger partial charge in [-0.3, -0.25) is 5.32 Å². The first-order chi connectivity index (χ1) is 9.03. The molecule has 1 aromatic carbocycles. The second-order valence-corrected chi connectivity index (χ2v) is 7.16. The van der Waals surface area contributed by atoms with E-state index in [1.165, 1.54) is 10.5 Å². The van der Waals surface area contributed by atoms with Crippen LogP contribution in [0.2, 0.25) is 0 Å². The van der Waals surface area contributed by atoms with Crippen molar-refractivity contribution in [2.24, 2.45) is 0 Å². The third kappa shape index (κ3) is 3.75. The van der Waals surface area contributed by atoms with Crippen molar-refractivity contribution in [3.8, 4) is 6.07 Å². The van der Waals surface area contributed by atoms with E-state index in [0.717, 1.165) is 19.3 Å². The Morgan fingerprint density at radius 1 is 1.37 bits per heavy atom. The van der Waals surface area contributed by atoms with E-state index >= 15 is 0 Å². The maximum atomic E-state index is 9.46. The molecule has 2 rings (SSSR count). The molecule has 1 aliphatic carbocycles. The van der Waals surface area contributed by atoms with Crippen molar-refractivity contribution in [3.05, 3.63) is 29.8 Å². The van der Waals surface area contributed by atoms with Gasteiger partial charge in [0.25, 0.3) is 0 Å². The van der Waals surface area contributed by atoms with Gasteiger partial charge in [-0.2, -0.15) is 5.26 Å². The smallest absolute Gasteiger partial charge is 0.108 e. The zero-order valence-corrected chi connectivity index (χ0v) is 12.8. The maximum absolute atomic E-state index is 9.46. The third-order valence-electron chi connectivity index (χ3n) is 3.57. The summed E-state index contributed by atoms with van der Waals surface area (Å²) in [5, 5.41) is 13.5. The van der Waals surface area contributed by atoms with Crippen molar-refractivity contribution in [2.45, 2.75) is 61.8 Å². The highest BCUT2D eigenvalue weighted by molar-refractivity contribution is 8.00. The van der Waals surface area contributed by atoms with Crippen LogP contribution in [0.5, 0.6) is 0 Å². The van der Waals surface area contributed by atoms with Crippen LogP contribution in [-0.4, -0.2) is 16.8 Å². The number of nitrogens with one attached hydrogen (secondary N) is 1. The van der Waals surface area contributed by atoms with Gasteiger partial charge in [-0.05, 0) is 52.2 Å². The van der Waals surface area contributed by atoms with E-state index in [1.807, 2.05) is 11.8 Å². The molecule has 0 aromatic heterocycles. The minimum Gasteiger partial charge on any atom is -0.297 e. The van der Waals surface area contributed by atoms with Crippen LogP contribution in [0.25, 0.3) is 0 Å². The average molecular weight is 274 g/mol. The lowest BCUT2D eigenvalue weighted by molar-refractivity contribution is 0.386. The van der Waals surface area contributed by atoms with Gasteiger partial charge in [0.15, 0.2) is 0 Å². The molecular formula is C16H22N2S. The molecule has 1 saturated carbocycles. The maximum Gasteiger partial charge on any atom is 0.108 e. The zero-order valence-electron chi connectivity index (χ0n) is 11.9. The second kappa shape index (κ2) is 5.98. The fraction of sp³-hybridized carbons (Fsp3) is 0.562. The summed E-state index contributed by atoms with van der Waals surface area (Å²) in [7, 11) is 0. The molecule has 0 heterocycles. The van der Waals surface area contributed by atoms with Gasteiger partial charge in [-0.25, -0.2) is 0 Å². The number of benzene rings is 1. The van der Waals surface area contributed by atoms with E-state index in [4.69, 9.17) is 0 Å². The first-order valence-corrected chi connectivity index (χ1v) is 7.83. The molecular weight excluding hydrogens is 252 g/mol. The highest BCUT2D eigenvalue weighted by Crippen LogP contribution is 2.40. The van der Waals surface area contributed by atoms with Gasteiger partial charge in [-0.15, -0.1) is 11.8 Å². The SMILES string of the molecule is Cc1ccc(SC2CCC(C#N)(NC(C)C)C2)cc1. The zero-order chi connectivity index (χ0) is 13.9. The Morgan fingerprint density at radius 3 is 2.63 bits per heavy atom. The standard InChI is InChI=1S/C16H22N2S/c1-12(2)18-16(11-17)9-8-15(10-16)19-14-6-4-13(3)5-7-14/h4-7,12,15,18H,8-10H2,1-3H3. The molecule has 19 heavy (non-hydrogen) atoms. The summed E-state index contributed by atoms with van der Waals surface area (Å²) < 4.78 is 0. The summed E-state index contributed by atoms with van der Waals surface area (Å²) in [4.78, 5) is 1.31. The van der Waals surface area contributed by atoms with Gasteiger partial charge < -0.3 is 0 Å². The lowest BCUT2D eigenvalue weighted by Gasteiger charge is -2.25. The Labute approximate surface area is 120 Å². The van der Waals surface area contributed by atoms with Gasteiger partial charge in [-0.1, -0.05) is 17.7 Å². The van der Waals surface area contributed by atoms with Crippen molar-refractivity contribution >= 4 is 11.8 Å². The third-order valence-corrected chi connectivity index (χ3v) is 4.85. The highest BCUT2D eigenvalue weighted by Gasteiger charge is 2.39. The van der Waals surface area contributed by atoms with Crippen LogP contribution in [0.1, 0.15) is 38.7 Å². The highest BCUT2D eigenvalue weighted by atomic mass is 32.2. The number of hydrogen-bond acceptors (Lipinski definition) is 3. The Hall–Kier alpha value is -0.980. The van der Waals surface area contributed by atoms with Gasteiger partial charge in [0.2, 0.25) is 0 Å². The van der Waals surface area contributed by atoms with Crippen LogP contribution in [0.4, 0.5) is 0 Å². The topological polar surface area (TPSA) is 35.8 Å². The van der Waals surface area contributed by atoms with Crippen LogP contribution in [0.15, 0.2) is 29.2 Å². The predicted molar refractivity (Wildman–Crippen MR) is 81.3 cm³/mol. The van der Waals surface area contributed by atoms with Gasteiger partial charge in [0, 0.05) is 16.2 Å². The van der Waals surface area contributed by atoms with Crippen molar-refractivity contribution in [2.75, 3.05) is 0 Å². The van der Waals surface area contributed by atoms with E-state index in [1.54, 1.807) is 0 Å². The molecule has 3 heteroatoms. The van der Waals surface area contributed by atoms with E-state index in [9.17, 15) is 5.26 Å². The summed E-state index contributed by atoms with van der Waals surface area (Å²) in [6, 6.07) is 11.5. The summed E-state index contributed by atoms with van der Waals surface area (Å²) in [5.41, 5.74) is 0.986. The van der Waals surface area contributed by atoms with Gasteiger partial charge in [0.05, 0.1) is 6.07 Å². The van der Waals surface area contributed by atoms with E-state index in [2.05, 4.69) is 56.4 Å². The molecule has 1 aliphatic rings. The summed E-state index contributed by atoms with van der Waals surface area (Å²) in [6.07, 6.45) is 3.03. The van der Waals surface area contributed by atoms with E-state index in [0.29, 0.717) is 11.3 Å². The quantitative estimate of drug-likeness (QED) is 0.904. The van der Waals surface area contributed by atoms with Crippen molar-refractivity contribution in [3.63, 3.8) is 0 Å². The van der Waals surface area contributed by atoms with Crippen molar-refractivity contribution < 1.29 is 0 Å². The summed E-state index contributed by atoms with van der Waals surface area (Å²) in [6.45, 7) is 6.33. The number of nitriles is 1. The Kier molecular flexibility index (Phi) is 4.54. The van der Waals surface area contributed by atoms with Crippen molar-refractivity contribution in [1.82, 2.24) is 5.32 Å². The van der Waals surface area contributed by atoms with Crippen LogP contribution in [-0.2, 0) is 0 Å². The number of nitrogens with zero attached hydrogens (tertiary/aromatic N) is 1. The minimum atomic E-state index is -0.309. The van der Waals surface area contributed by atoms with E-state index < -0.39 is 0 Å². The predicted octanol–water partition coefficient (Wildman–Crippen LogP) is 3.90. The first kappa shape index (κ1) is 14.4. The molecule has 2 unspecified atom stereocenters. The molecule has 2 nitrogen and oxygen atoms in total. The molecule has 0 amide bonds. The van der Waals surface area contributed by atoms with Crippen LogP contribution >= 0.6 is 11.8 Å². The monoisotopic (exact) mass is 274 g/mol. The molecule has 2 atom stereocenters. The summed E-state index contributed by atoms with van der Waals surface area (Å²) >= 11 is 1.91. The van der Waals surface area contributed by atoms with Crippen LogP contribution < -0.4 is 5.32 Å². The molecule has 1 N–H and O–H groups in total. The molecule has 1 fully saturated rings. The average Bonchev–Trinajstić information content (AvgIpc) is 2.75. The minimum absolute atomic E-state index is 0.309. The van der Waals surface area contributed by atoms with Gasteiger partial charge >= 0.3 is 0 Å². The Bertz CT molecular complexity index is 461. The normalized spacial score (nSPS) is 26.6. The molecule has 0 aliphatic heterocycles. The molecule has 1 aromatic rings. The largest absolute Gasteiger partial charge is 0.297 e. The van der Waals surface area contributed by atoms with Gasteiger partial charge in [0.1, 0.15) is 5.54 Å². The number of rotatable bonds is 4. The number of hydrogen-bond donors (Lipinski definition) is 1. The molecule has 0 bridgehead atoms. The van der Waals surface area contributed by atoms with Crippen LogP contribution in [0, 0.1) is 18.3 Å². The lowest BCUT2D eigenvalue weighted by atomic mass is 9.99. The molecule has 0 spiro atoms.